The van der Waals surface area contributed by atoms with Crippen molar-refractivity contribution in [1.29, 1.82) is 0 Å². The first kappa shape index (κ1) is 15.1. The average Bonchev–Trinajstić information content (AvgIpc) is 3.39. The van der Waals surface area contributed by atoms with Crippen LogP contribution in [0.5, 0.6) is 0 Å². The number of thioether (sulfide) groups is 1. The second kappa shape index (κ2) is 6.61. The highest BCUT2D eigenvalue weighted by molar-refractivity contribution is 7.99. The van der Waals surface area contributed by atoms with E-state index < -0.39 is 0 Å². The average molecular weight is 336 g/mol. The van der Waals surface area contributed by atoms with E-state index >= 15 is 0 Å². The van der Waals surface area contributed by atoms with E-state index in [4.69, 9.17) is 4.42 Å². The van der Waals surface area contributed by atoms with E-state index in [1.165, 1.54) is 11.8 Å². The number of rotatable bonds is 6. The number of hydrogen-bond donors (Lipinski definition) is 0. The zero-order valence-electron chi connectivity index (χ0n) is 13.0. The van der Waals surface area contributed by atoms with Crippen LogP contribution in [0.25, 0.3) is 11.1 Å². The first-order valence-corrected chi connectivity index (χ1v) is 8.93. The molecule has 0 aliphatic heterocycles. The van der Waals surface area contributed by atoms with Gasteiger partial charge >= 0.3 is 0 Å². The maximum Gasteiger partial charge on any atom is 0.277 e. The third kappa shape index (κ3) is 3.41. The Kier molecular flexibility index (Phi) is 4.17. The van der Waals surface area contributed by atoms with Crippen molar-refractivity contribution >= 4 is 17.5 Å². The van der Waals surface area contributed by atoms with Gasteiger partial charge in [-0.05, 0) is 24.0 Å². The highest BCUT2D eigenvalue weighted by Gasteiger charge is 2.29. The van der Waals surface area contributed by atoms with Gasteiger partial charge in [0.25, 0.3) is 5.22 Å². The highest BCUT2D eigenvalue weighted by Crippen LogP contribution is 2.39. The molecular formula is C19H16N2O2S. The van der Waals surface area contributed by atoms with Gasteiger partial charge in [0.05, 0.1) is 5.75 Å². The topological polar surface area (TPSA) is 56.0 Å². The zero-order chi connectivity index (χ0) is 16.4. The minimum absolute atomic E-state index is 0.0609. The highest BCUT2D eigenvalue weighted by atomic mass is 32.2. The van der Waals surface area contributed by atoms with Crippen LogP contribution in [-0.4, -0.2) is 21.7 Å². The molecule has 120 valence electrons. The number of carbonyl (C=O) groups is 1. The van der Waals surface area contributed by atoms with Gasteiger partial charge in [-0.3, -0.25) is 4.79 Å². The van der Waals surface area contributed by atoms with E-state index in [1.54, 1.807) is 0 Å². The Morgan fingerprint density at radius 3 is 2.42 bits per heavy atom. The first-order valence-electron chi connectivity index (χ1n) is 7.94. The number of nitrogens with zero attached hydrogens (tertiary/aromatic N) is 2. The Balaban J connectivity index is 1.38. The Hall–Kier alpha value is -2.40. The lowest BCUT2D eigenvalue weighted by atomic mass is 10.0. The van der Waals surface area contributed by atoms with Gasteiger partial charge in [0.15, 0.2) is 5.78 Å². The van der Waals surface area contributed by atoms with E-state index in [0.717, 1.165) is 24.0 Å². The number of Topliss-reactive ketones (excluding diaryl/α,β-unsaturated/α-hetero) is 1. The van der Waals surface area contributed by atoms with Gasteiger partial charge in [-0.25, -0.2) is 0 Å². The Morgan fingerprint density at radius 1 is 1.00 bits per heavy atom. The van der Waals surface area contributed by atoms with E-state index in [0.29, 0.717) is 28.3 Å². The van der Waals surface area contributed by atoms with E-state index in [2.05, 4.69) is 22.3 Å². The lowest BCUT2D eigenvalue weighted by molar-refractivity contribution is 0.102. The second-order valence-electron chi connectivity index (χ2n) is 5.84. The van der Waals surface area contributed by atoms with Crippen LogP contribution in [0.1, 0.15) is 35.0 Å². The number of ketones is 1. The third-order valence-electron chi connectivity index (χ3n) is 3.99. The van der Waals surface area contributed by atoms with Gasteiger partial charge in [0, 0.05) is 11.5 Å². The molecule has 0 radical (unpaired) electrons. The SMILES string of the molecule is O=C(CSc1nnc(C2CC2)o1)c1ccc(-c2ccccc2)cc1. The van der Waals surface area contributed by atoms with Crippen molar-refractivity contribution < 1.29 is 9.21 Å². The van der Waals surface area contributed by atoms with Gasteiger partial charge in [-0.2, -0.15) is 0 Å². The lowest BCUT2D eigenvalue weighted by Crippen LogP contribution is -2.02. The Bertz CT molecular complexity index is 839. The van der Waals surface area contributed by atoms with Gasteiger partial charge in [0.1, 0.15) is 0 Å². The van der Waals surface area contributed by atoms with Crippen LogP contribution in [0.2, 0.25) is 0 Å². The monoisotopic (exact) mass is 336 g/mol. The molecule has 1 heterocycles. The summed E-state index contributed by atoms with van der Waals surface area (Å²) in [4.78, 5) is 12.3. The second-order valence-corrected chi connectivity index (χ2v) is 6.76. The number of carbonyl (C=O) groups excluding carboxylic acids is 1. The summed E-state index contributed by atoms with van der Waals surface area (Å²) in [5.41, 5.74) is 2.94. The van der Waals surface area contributed by atoms with Crippen LogP contribution >= 0.6 is 11.8 Å². The van der Waals surface area contributed by atoms with Crippen molar-refractivity contribution in [2.75, 3.05) is 5.75 Å². The van der Waals surface area contributed by atoms with Crippen molar-refractivity contribution in [1.82, 2.24) is 10.2 Å². The van der Waals surface area contributed by atoms with Crippen molar-refractivity contribution in [2.45, 2.75) is 24.0 Å². The molecule has 0 N–H and O–H groups in total. The third-order valence-corrected chi connectivity index (χ3v) is 4.81. The summed E-state index contributed by atoms with van der Waals surface area (Å²) in [5, 5.41) is 8.49. The van der Waals surface area contributed by atoms with Crippen LogP contribution in [-0.2, 0) is 0 Å². The molecule has 1 aromatic heterocycles. The molecule has 0 spiro atoms. The van der Waals surface area contributed by atoms with Gasteiger partial charge in [-0.1, -0.05) is 66.4 Å². The summed E-state index contributed by atoms with van der Waals surface area (Å²) >= 11 is 1.30. The summed E-state index contributed by atoms with van der Waals surface area (Å²) < 4.78 is 5.56. The Labute approximate surface area is 144 Å². The van der Waals surface area contributed by atoms with Crippen molar-refractivity contribution in [2.24, 2.45) is 0 Å². The smallest absolute Gasteiger partial charge is 0.277 e. The molecule has 1 saturated carbocycles. The standard InChI is InChI=1S/C19H16N2O2S/c22-17(12-24-19-21-20-18(23-19)16-10-11-16)15-8-6-14(7-9-15)13-4-2-1-3-5-13/h1-9,16H,10-12H2. The molecule has 0 unspecified atom stereocenters. The number of benzene rings is 2. The molecule has 5 heteroatoms. The molecule has 0 saturated heterocycles. The summed E-state index contributed by atoms with van der Waals surface area (Å²) in [6.07, 6.45) is 2.25. The molecule has 1 aliphatic rings. The fourth-order valence-corrected chi connectivity index (χ4v) is 3.13. The molecule has 0 atom stereocenters. The maximum absolute atomic E-state index is 12.3. The van der Waals surface area contributed by atoms with Crippen LogP contribution in [0.15, 0.2) is 64.2 Å². The molecule has 4 nitrogen and oxygen atoms in total. The molecular weight excluding hydrogens is 320 g/mol. The van der Waals surface area contributed by atoms with Gasteiger partial charge in [0.2, 0.25) is 5.89 Å². The quantitative estimate of drug-likeness (QED) is 0.487. The van der Waals surface area contributed by atoms with Crippen molar-refractivity contribution in [3.63, 3.8) is 0 Å². The molecule has 3 aromatic rings. The molecule has 4 rings (SSSR count). The fraction of sp³-hybridized carbons (Fsp3) is 0.211. The summed E-state index contributed by atoms with van der Waals surface area (Å²) in [6, 6.07) is 17.8. The van der Waals surface area contributed by atoms with E-state index in [1.807, 2.05) is 42.5 Å². The summed E-state index contributed by atoms with van der Waals surface area (Å²) in [5.74, 6) is 1.51. The predicted octanol–water partition coefficient (Wildman–Crippen LogP) is 4.59. The molecule has 0 bridgehead atoms. The number of hydrogen-bond acceptors (Lipinski definition) is 5. The van der Waals surface area contributed by atoms with Gasteiger partial charge in [-0.15, -0.1) is 10.2 Å². The number of aromatic nitrogens is 2. The molecule has 1 fully saturated rings. The zero-order valence-corrected chi connectivity index (χ0v) is 13.8. The minimum atomic E-state index is 0.0609. The lowest BCUT2D eigenvalue weighted by Gasteiger charge is -2.03. The summed E-state index contributed by atoms with van der Waals surface area (Å²) in [6.45, 7) is 0. The minimum Gasteiger partial charge on any atom is -0.416 e. The van der Waals surface area contributed by atoms with Crippen molar-refractivity contribution in [3.05, 3.63) is 66.1 Å². The van der Waals surface area contributed by atoms with Crippen LogP contribution in [0, 0.1) is 0 Å². The van der Waals surface area contributed by atoms with Gasteiger partial charge < -0.3 is 4.42 Å². The summed E-state index contributed by atoms with van der Waals surface area (Å²) in [7, 11) is 0. The fourth-order valence-electron chi connectivity index (χ4n) is 2.46. The van der Waals surface area contributed by atoms with Crippen LogP contribution in [0.3, 0.4) is 0 Å². The molecule has 24 heavy (non-hydrogen) atoms. The normalized spacial score (nSPS) is 13.8. The van der Waals surface area contributed by atoms with Crippen molar-refractivity contribution in [3.8, 4) is 11.1 Å². The van der Waals surface area contributed by atoms with E-state index in [9.17, 15) is 4.79 Å². The van der Waals surface area contributed by atoms with Crippen LogP contribution in [0.4, 0.5) is 0 Å². The van der Waals surface area contributed by atoms with E-state index in [-0.39, 0.29) is 5.78 Å². The maximum atomic E-state index is 12.3. The first-order chi connectivity index (χ1) is 11.8. The molecule has 0 amide bonds. The predicted molar refractivity (Wildman–Crippen MR) is 93.2 cm³/mol. The molecule has 1 aliphatic carbocycles. The van der Waals surface area contributed by atoms with Crippen LogP contribution < -0.4 is 0 Å². The largest absolute Gasteiger partial charge is 0.416 e. The molecule has 2 aromatic carbocycles. The Morgan fingerprint density at radius 2 is 1.71 bits per heavy atom.